The molecular formula is C28H30Cl2N2O3. The second-order valence-corrected chi connectivity index (χ2v) is 9.06. The van der Waals surface area contributed by atoms with Crippen LogP contribution in [0.15, 0.2) is 78.9 Å². The van der Waals surface area contributed by atoms with Crippen LogP contribution in [0.4, 0.5) is 0 Å². The molecule has 0 aliphatic carbocycles. The van der Waals surface area contributed by atoms with Crippen molar-refractivity contribution >= 4 is 35.0 Å². The van der Waals surface area contributed by atoms with Gasteiger partial charge >= 0.3 is 0 Å². The van der Waals surface area contributed by atoms with E-state index in [-0.39, 0.29) is 25.0 Å². The first-order valence-corrected chi connectivity index (χ1v) is 12.5. The summed E-state index contributed by atoms with van der Waals surface area (Å²) in [7, 11) is 0. The maximum atomic E-state index is 13.5. The van der Waals surface area contributed by atoms with Gasteiger partial charge in [0.15, 0.2) is 6.61 Å². The van der Waals surface area contributed by atoms with Gasteiger partial charge in [-0.15, -0.1) is 0 Å². The average molecular weight is 513 g/mol. The molecule has 3 aromatic rings. The molecule has 0 aromatic heterocycles. The van der Waals surface area contributed by atoms with E-state index in [9.17, 15) is 9.59 Å². The van der Waals surface area contributed by atoms with Crippen LogP contribution in [0.25, 0.3) is 0 Å². The van der Waals surface area contributed by atoms with Crippen LogP contribution < -0.4 is 10.1 Å². The second kappa shape index (κ2) is 13.8. The number of halogens is 2. The average Bonchev–Trinajstić information content (AvgIpc) is 2.86. The monoisotopic (exact) mass is 512 g/mol. The van der Waals surface area contributed by atoms with Gasteiger partial charge in [-0.25, -0.2) is 0 Å². The first-order valence-electron chi connectivity index (χ1n) is 11.7. The third-order valence-electron chi connectivity index (χ3n) is 5.54. The Morgan fingerprint density at radius 3 is 2.23 bits per heavy atom. The summed E-state index contributed by atoms with van der Waals surface area (Å²) in [5, 5.41) is 3.80. The SMILES string of the molecule is CCCCNC(=O)[C@H](Cc1ccccc1)N(Cc1ccccc1)C(=O)COc1ccc(Cl)cc1Cl. The lowest BCUT2D eigenvalue weighted by Crippen LogP contribution is -2.51. The molecule has 7 heteroatoms. The maximum absolute atomic E-state index is 13.5. The Morgan fingerprint density at radius 2 is 1.60 bits per heavy atom. The van der Waals surface area contributed by atoms with Crippen LogP contribution in [-0.4, -0.2) is 35.9 Å². The summed E-state index contributed by atoms with van der Waals surface area (Å²) < 4.78 is 5.74. The molecule has 1 atom stereocenters. The highest BCUT2D eigenvalue weighted by molar-refractivity contribution is 6.35. The van der Waals surface area contributed by atoms with E-state index in [1.807, 2.05) is 60.7 Å². The molecule has 184 valence electrons. The van der Waals surface area contributed by atoms with E-state index in [1.165, 1.54) is 0 Å². The highest BCUT2D eigenvalue weighted by Crippen LogP contribution is 2.27. The standard InChI is InChI=1S/C28H30Cl2N2O3/c1-2-3-16-31-28(34)25(17-21-10-6-4-7-11-21)32(19-22-12-8-5-9-13-22)27(33)20-35-26-15-14-23(29)18-24(26)30/h4-15,18,25H,2-3,16-17,19-20H2,1H3,(H,31,34)/t25-/m0/s1. The van der Waals surface area contributed by atoms with E-state index in [1.54, 1.807) is 23.1 Å². The van der Waals surface area contributed by atoms with Gasteiger partial charge < -0.3 is 15.0 Å². The van der Waals surface area contributed by atoms with Crippen LogP contribution >= 0.6 is 23.2 Å². The van der Waals surface area contributed by atoms with Crippen molar-refractivity contribution in [2.75, 3.05) is 13.2 Å². The van der Waals surface area contributed by atoms with Crippen molar-refractivity contribution in [1.82, 2.24) is 10.2 Å². The van der Waals surface area contributed by atoms with E-state index in [0.717, 1.165) is 24.0 Å². The molecule has 3 aromatic carbocycles. The fraction of sp³-hybridized carbons (Fsp3) is 0.286. The van der Waals surface area contributed by atoms with Crippen molar-refractivity contribution in [3.63, 3.8) is 0 Å². The highest BCUT2D eigenvalue weighted by atomic mass is 35.5. The normalized spacial score (nSPS) is 11.5. The van der Waals surface area contributed by atoms with Crippen molar-refractivity contribution < 1.29 is 14.3 Å². The number of benzene rings is 3. The summed E-state index contributed by atoms with van der Waals surface area (Å²) in [6, 6.07) is 23.4. The Bertz CT molecular complexity index is 1090. The number of carbonyl (C=O) groups is 2. The van der Waals surface area contributed by atoms with Crippen LogP contribution in [0.5, 0.6) is 5.75 Å². The van der Waals surface area contributed by atoms with Crippen molar-refractivity contribution in [2.24, 2.45) is 0 Å². The number of unbranched alkanes of at least 4 members (excludes halogenated alkanes) is 1. The lowest BCUT2D eigenvalue weighted by atomic mass is 10.0. The van der Waals surface area contributed by atoms with E-state index in [4.69, 9.17) is 27.9 Å². The number of ether oxygens (including phenoxy) is 1. The van der Waals surface area contributed by atoms with Gasteiger partial charge in [-0.05, 0) is 35.7 Å². The number of nitrogens with zero attached hydrogens (tertiary/aromatic N) is 1. The second-order valence-electron chi connectivity index (χ2n) is 8.22. The fourth-order valence-corrected chi connectivity index (χ4v) is 4.12. The Kier molecular flexibility index (Phi) is 10.5. The Morgan fingerprint density at radius 1 is 0.943 bits per heavy atom. The molecule has 0 unspecified atom stereocenters. The zero-order valence-electron chi connectivity index (χ0n) is 19.8. The summed E-state index contributed by atoms with van der Waals surface area (Å²) in [5.41, 5.74) is 1.89. The minimum Gasteiger partial charge on any atom is -0.482 e. The quantitative estimate of drug-likeness (QED) is 0.306. The molecular weight excluding hydrogens is 483 g/mol. The molecule has 5 nitrogen and oxygen atoms in total. The molecule has 0 heterocycles. The van der Waals surface area contributed by atoms with Crippen LogP contribution in [0.1, 0.15) is 30.9 Å². The van der Waals surface area contributed by atoms with E-state index < -0.39 is 6.04 Å². The fourth-order valence-electron chi connectivity index (χ4n) is 3.65. The maximum Gasteiger partial charge on any atom is 0.261 e. The zero-order chi connectivity index (χ0) is 25.0. The molecule has 0 spiro atoms. The molecule has 0 aliphatic heterocycles. The first kappa shape index (κ1) is 26.6. The molecule has 0 fully saturated rings. The minimum absolute atomic E-state index is 0.184. The molecule has 1 N–H and O–H groups in total. The van der Waals surface area contributed by atoms with Crippen molar-refractivity contribution in [3.8, 4) is 5.75 Å². The van der Waals surface area contributed by atoms with Crippen LogP contribution in [0.2, 0.25) is 10.0 Å². The summed E-state index contributed by atoms with van der Waals surface area (Å²) in [6.45, 7) is 2.64. The number of hydrogen-bond acceptors (Lipinski definition) is 3. The summed E-state index contributed by atoms with van der Waals surface area (Å²) >= 11 is 12.2. The lowest BCUT2D eigenvalue weighted by molar-refractivity contribution is -0.142. The predicted molar refractivity (Wildman–Crippen MR) is 141 cm³/mol. The van der Waals surface area contributed by atoms with E-state index in [2.05, 4.69) is 12.2 Å². The van der Waals surface area contributed by atoms with Crippen molar-refractivity contribution in [3.05, 3.63) is 100 Å². The molecule has 0 radical (unpaired) electrons. The summed E-state index contributed by atoms with van der Waals surface area (Å²) in [4.78, 5) is 28.5. The molecule has 35 heavy (non-hydrogen) atoms. The smallest absolute Gasteiger partial charge is 0.261 e. The van der Waals surface area contributed by atoms with Crippen molar-refractivity contribution in [1.29, 1.82) is 0 Å². The van der Waals surface area contributed by atoms with Gasteiger partial charge in [0.2, 0.25) is 5.91 Å². The molecule has 0 saturated heterocycles. The molecule has 0 aliphatic rings. The topological polar surface area (TPSA) is 58.6 Å². The Hall–Kier alpha value is -3.02. The Labute approximate surface area is 217 Å². The van der Waals surface area contributed by atoms with Gasteiger partial charge in [-0.2, -0.15) is 0 Å². The van der Waals surface area contributed by atoms with Gasteiger partial charge in [-0.1, -0.05) is 97.2 Å². The summed E-state index contributed by atoms with van der Waals surface area (Å²) in [6.07, 6.45) is 2.22. The molecule has 0 saturated carbocycles. The summed E-state index contributed by atoms with van der Waals surface area (Å²) in [5.74, 6) is -0.140. The van der Waals surface area contributed by atoms with Gasteiger partial charge in [0, 0.05) is 24.5 Å². The van der Waals surface area contributed by atoms with Gasteiger partial charge in [0.05, 0.1) is 5.02 Å². The number of nitrogens with one attached hydrogen (secondary N) is 1. The number of hydrogen-bond donors (Lipinski definition) is 1. The third kappa shape index (κ3) is 8.30. The van der Waals surface area contributed by atoms with Gasteiger partial charge in [0.25, 0.3) is 5.91 Å². The van der Waals surface area contributed by atoms with Crippen LogP contribution in [0, 0.1) is 0 Å². The predicted octanol–water partition coefficient (Wildman–Crippen LogP) is 5.93. The molecule has 3 rings (SSSR count). The van der Waals surface area contributed by atoms with Crippen LogP contribution in [0.3, 0.4) is 0 Å². The Balaban J connectivity index is 1.87. The third-order valence-corrected chi connectivity index (χ3v) is 6.07. The van der Waals surface area contributed by atoms with E-state index >= 15 is 0 Å². The van der Waals surface area contributed by atoms with Gasteiger partial charge in [0.1, 0.15) is 11.8 Å². The minimum atomic E-state index is -0.703. The number of amides is 2. The lowest BCUT2D eigenvalue weighted by Gasteiger charge is -2.31. The van der Waals surface area contributed by atoms with Crippen LogP contribution in [-0.2, 0) is 22.6 Å². The molecule has 0 bridgehead atoms. The van der Waals surface area contributed by atoms with E-state index in [0.29, 0.717) is 28.8 Å². The number of rotatable bonds is 12. The number of carbonyl (C=O) groups excluding carboxylic acids is 2. The van der Waals surface area contributed by atoms with Gasteiger partial charge in [-0.3, -0.25) is 9.59 Å². The largest absolute Gasteiger partial charge is 0.482 e. The first-order chi connectivity index (χ1) is 17.0. The molecule has 2 amide bonds. The van der Waals surface area contributed by atoms with Crippen molar-refractivity contribution in [2.45, 2.75) is 38.8 Å². The highest BCUT2D eigenvalue weighted by Gasteiger charge is 2.30. The zero-order valence-corrected chi connectivity index (χ0v) is 21.3.